The molecule has 0 aromatic carbocycles. The molecule has 0 fully saturated rings. The Kier molecular flexibility index (Phi) is 4.23. The van der Waals surface area contributed by atoms with Gasteiger partial charge in [0.1, 0.15) is 0 Å². The van der Waals surface area contributed by atoms with Gasteiger partial charge in [0.2, 0.25) is 0 Å². The first-order chi connectivity index (χ1) is 5.60. The van der Waals surface area contributed by atoms with Gasteiger partial charge in [-0.15, -0.1) is 0 Å². The number of nitrogens with one attached hydrogen (secondary N) is 1. The van der Waals surface area contributed by atoms with Crippen LogP contribution in [0.5, 0.6) is 0 Å². The Morgan fingerprint density at radius 1 is 1.15 bits per heavy atom. The topological polar surface area (TPSA) is 12.0 Å². The third kappa shape index (κ3) is 9.67. The van der Waals surface area contributed by atoms with Crippen molar-refractivity contribution < 1.29 is 13.2 Å². The standard InChI is InChI=1S/C9H18F3N/c1-7(5-9(10,11)12)13-6-8(2,3)4/h7,13H,5-6H2,1-4H3. The van der Waals surface area contributed by atoms with Gasteiger partial charge in [0.05, 0.1) is 6.42 Å². The summed E-state index contributed by atoms with van der Waals surface area (Å²) in [5.41, 5.74) is 0.0276. The molecule has 0 aromatic heterocycles. The van der Waals surface area contributed by atoms with Gasteiger partial charge in [0.15, 0.2) is 0 Å². The minimum atomic E-state index is -4.07. The van der Waals surface area contributed by atoms with Crippen molar-refractivity contribution in [2.24, 2.45) is 5.41 Å². The summed E-state index contributed by atoms with van der Waals surface area (Å²) in [6.07, 6.45) is -4.83. The van der Waals surface area contributed by atoms with Crippen molar-refractivity contribution in [1.82, 2.24) is 5.32 Å². The van der Waals surface area contributed by atoms with Crippen molar-refractivity contribution in [3.8, 4) is 0 Å². The van der Waals surface area contributed by atoms with Gasteiger partial charge in [-0.3, -0.25) is 0 Å². The quantitative estimate of drug-likeness (QED) is 0.733. The SMILES string of the molecule is CC(CC(F)(F)F)NCC(C)(C)C. The van der Waals surface area contributed by atoms with E-state index in [1.165, 1.54) is 0 Å². The highest BCUT2D eigenvalue weighted by molar-refractivity contribution is 4.71. The van der Waals surface area contributed by atoms with Crippen molar-refractivity contribution in [2.45, 2.75) is 46.3 Å². The summed E-state index contributed by atoms with van der Waals surface area (Å²) >= 11 is 0. The van der Waals surface area contributed by atoms with E-state index in [-0.39, 0.29) is 5.41 Å². The van der Waals surface area contributed by atoms with E-state index >= 15 is 0 Å². The van der Waals surface area contributed by atoms with Gasteiger partial charge in [0.25, 0.3) is 0 Å². The Morgan fingerprint density at radius 3 is 1.92 bits per heavy atom. The molecule has 0 radical (unpaired) electrons. The van der Waals surface area contributed by atoms with Crippen molar-refractivity contribution in [3.63, 3.8) is 0 Å². The molecule has 80 valence electrons. The second-order valence-corrected chi connectivity index (χ2v) is 4.66. The average Bonchev–Trinajstić information content (AvgIpc) is 1.78. The molecule has 1 atom stereocenters. The van der Waals surface area contributed by atoms with Crippen LogP contribution in [0.15, 0.2) is 0 Å². The number of rotatable bonds is 3. The molecule has 0 rings (SSSR count). The van der Waals surface area contributed by atoms with Crippen LogP contribution in [0.3, 0.4) is 0 Å². The largest absolute Gasteiger partial charge is 0.390 e. The van der Waals surface area contributed by atoms with Crippen molar-refractivity contribution in [1.29, 1.82) is 0 Å². The van der Waals surface area contributed by atoms with Gasteiger partial charge < -0.3 is 5.32 Å². The van der Waals surface area contributed by atoms with Crippen molar-refractivity contribution in [3.05, 3.63) is 0 Å². The molecular weight excluding hydrogens is 179 g/mol. The number of hydrogen-bond acceptors (Lipinski definition) is 1. The Morgan fingerprint density at radius 2 is 1.62 bits per heavy atom. The van der Waals surface area contributed by atoms with Crippen LogP contribution < -0.4 is 5.32 Å². The Labute approximate surface area is 77.7 Å². The van der Waals surface area contributed by atoms with Crippen LogP contribution in [0.25, 0.3) is 0 Å². The molecular formula is C9H18F3N. The molecule has 13 heavy (non-hydrogen) atoms. The molecule has 1 N–H and O–H groups in total. The first-order valence-electron chi connectivity index (χ1n) is 4.40. The molecule has 0 amide bonds. The summed E-state index contributed by atoms with van der Waals surface area (Å²) in [7, 11) is 0. The van der Waals surface area contributed by atoms with E-state index in [0.717, 1.165) is 0 Å². The fourth-order valence-corrected chi connectivity index (χ4v) is 0.900. The molecule has 1 nitrogen and oxygen atoms in total. The molecule has 0 bridgehead atoms. The maximum absolute atomic E-state index is 11.9. The van der Waals surface area contributed by atoms with Crippen LogP contribution in [0.4, 0.5) is 13.2 Å². The Balaban J connectivity index is 3.70. The van der Waals surface area contributed by atoms with Crippen LogP contribution in [0, 0.1) is 5.41 Å². The van der Waals surface area contributed by atoms with Gasteiger partial charge in [0, 0.05) is 12.6 Å². The first kappa shape index (κ1) is 12.8. The summed E-state index contributed by atoms with van der Waals surface area (Å²) in [4.78, 5) is 0. The number of halogens is 3. The summed E-state index contributed by atoms with van der Waals surface area (Å²) in [5.74, 6) is 0. The highest BCUT2D eigenvalue weighted by Crippen LogP contribution is 2.21. The maximum atomic E-state index is 11.9. The van der Waals surface area contributed by atoms with Gasteiger partial charge in [-0.2, -0.15) is 13.2 Å². The Hall–Kier alpha value is -0.250. The zero-order valence-electron chi connectivity index (χ0n) is 8.63. The predicted octanol–water partition coefficient (Wildman–Crippen LogP) is 2.96. The van der Waals surface area contributed by atoms with E-state index in [0.29, 0.717) is 6.54 Å². The molecule has 0 aliphatic carbocycles. The normalized spacial score (nSPS) is 15.9. The molecule has 0 heterocycles. The van der Waals surface area contributed by atoms with E-state index in [9.17, 15) is 13.2 Å². The molecule has 1 unspecified atom stereocenters. The molecule has 0 aliphatic heterocycles. The second kappa shape index (κ2) is 4.31. The van der Waals surface area contributed by atoms with E-state index in [4.69, 9.17) is 0 Å². The van der Waals surface area contributed by atoms with E-state index in [1.807, 2.05) is 20.8 Å². The predicted molar refractivity (Wildman–Crippen MR) is 47.6 cm³/mol. The van der Waals surface area contributed by atoms with Crippen molar-refractivity contribution >= 4 is 0 Å². The van der Waals surface area contributed by atoms with Gasteiger partial charge in [-0.1, -0.05) is 20.8 Å². The fourth-order valence-electron chi connectivity index (χ4n) is 0.900. The molecule has 0 saturated carbocycles. The summed E-state index contributed by atoms with van der Waals surface area (Å²) in [5, 5.41) is 2.86. The third-order valence-corrected chi connectivity index (χ3v) is 1.52. The molecule has 0 spiro atoms. The lowest BCUT2D eigenvalue weighted by molar-refractivity contribution is -0.139. The number of hydrogen-bond donors (Lipinski definition) is 1. The molecule has 4 heteroatoms. The lowest BCUT2D eigenvalue weighted by Gasteiger charge is -2.23. The fraction of sp³-hybridized carbons (Fsp3) is 1.00. The second-order valence-electron chi connectivity index (χ2n) is 4.66. The van der Waals surface area contributed by atoms with Gasteiger partial charge in [-0.05, 0) is 12.3 Å². The summed E-state index contributed by atoms with van der Waals surface area (Å²) < 4.78 is 35.7. The zero-order chi connectivity index (χ0) is 10.7. The minimum absolute atomic E-state index is 0.0276. The lowest BCUT2D eigenvalue weighted by Crippen LogP contribution is -2.36. The average molecular weight is 197 g/mol. The van der Waals surface area contributed by atoms with Crippen LogP contribution in [-0.2, 0) is 0 Å². The monoisotopic (exact) mass is 197 g/mol. The summed E-state index contributed by atoms with van der Waals surface area (Å²) in [6, 6.07) is -0.501. The highest BCUT2D eigenvalue weighted by atomic mass is 19.4. The smallest absolute Gasteiger partial charge is 0.313 e. The van der Waals surface area contributed by atoms with Crippen LogP contribution in [0.2, 0.25) is 0 Å². The van der Waals surface area contributed by atoms with E-state index in [1.54, 1.807) is 6.92 Å². The van der Waals surface area contributed by atoms with E-state index < -0.39 is 18.6 Å². The molecule has 0 saturated heterocycles. The maximum Gasteiger partial charge on any atom is 0.390 e. The Bertz CT molecular complexity index is 146. The van der Waals surface area contributed by atoms with Crippen LogP contribution in [0.1, 0.15) is 34.1 Å². The zero-order valence-corrected chi connectivity index (χ0v) is 8.63. The van der Waals surface area contributed by atoms with Gasteiger partial charge in [-0.25, -0.2) is 0 Å². The van der Waals surface area contributed by atoms with Gasteiger partial charge >= 0.3 is 6.18 Å². The van der Waals surface area contributed by atoms with Crippen LogP contribution >= 0.6 is 0 Å². The summed E-state index contributed by atoms with van der Waals surface area (Å²) in [6.45, 7) is 8.12. The molecule has 0 aliphatic rings. The lowest BCUT2D eigenvalue weighted by atomic mass is 9.96. The van der Waals surface area contributed by atoms with Crippen molar-refractivity contribution in [2.75, 3.05) is 6.54 Å². The highest BCUT2D eigenvalue weighted by Gasteiger charge is 2.30. The minimum Gasteiger partial charge on any atom is -0.313 e. The van der Waals surface area contributed by atoms with E-state index in [2.05, 4.69) is 5.32 Å². The molecule has 0 aromatic rings. The number of alkyl halides is 3. The van der Waals surface area contributed by atoms with Crippen LogP contribution in [-0.4, -0.2) is 18.8 Å². The third-order valence-electron chi connectivity index (χ3n) is 1.52. The first-order valence-corrected chi connectivity index (χ1v) is 4.40.